The maximum Gasteiger partial charge on any atom is 0.0446 e. The monoisotopic (exact) mass is 280 g/mol. The Morgan fingerprint density at radius 2 is 1.62 bits per heavy atom. The first-order valence-electron chi connectivity index (χ1n) is 4.10. The van der Waals surface area contributed by atoms with E-state index >= 15 is 0 Å². The van der Waals surface area contributed by atoms with Gasteiger partial charge >= 0.3 is 0 Å². The maximum atomic E-state index is 5.80. The fourth-order valence-corrected chi connectivity index (χ4v) is 2.90. The highest BCUT2D eigenvalue weighted by Crippen LogP contribution is 2.32. The molecule has 0 saturated carbocycles. The zero-order valence-electron chi connectivity index (χ0n) is 7.09. The highest BCUT2D eigenvalue weighted by molar-refractivity contribution is 9.09. The van der Waals surface area contributed by atoms with Crippen LogP contribution in [0.2, 0.25) is 0 Å². The molecule has 0 saturated heterocycles. The first-order valence-corrected chi connectivity index (χ1v) is 6.09. The second kappa shape index (κ2) is 5.90. The summed E-state index contributed by atoms with van der Waals surface area (Å²) in [5.74, 6) is 1.44. The molecule has 1 rings (SSSR count). The van der Waals surface area contributed by atoms with Crippen molar-refractivity contribution in [3.05, 3.63) is 35.9 Å². The molecule has 13 heavy (non-hydrogen) atoms. The zero-order valence-corrected chi connectivity index (χ0v) is 10.2. The predicted molar refractivity (Wildman–Crippen MR) is 63.0 cm³/mol. The normalized spacial score (nSPS) is 13.2. The van der Waals surface area contributed by atoms with Crippen LogP contribution in [0.1, 0.15) is 10.4 Å². The summed E-state index contributed by atoms with van der Waals surface area (Å²) in [5.41, 5.74) is 1.23. The van der Waals surface area contributed by atoms with E-state index in [9.17, 15) is 0 Å². The van der Waals surface area contributed by atoms with Gasteiger partial charge in [-0.25, -0.2) is 0 Å². The third-order valence-corrected chi connectivity index (χ3v) is 4.00. The van der Waals surface area contributed by atoms with Crippen molar-refractivity contribution < 1.29 is 0 Å². The molecule has 0 fully saturated rings. The lowest BCUT2D eigenvalue weighted by Crippen LogP contribution is -2.10. The lowest BCUT2D eigenvalue weighted by atomic mass is 10.0. The van der Waals surface area contributed by atoms with Crippen LogP contribution in [0.4, 0.5) is 0 Å². The Labute approximate surface area is 97.4 Å². The van der Waals surface area contributed by atoms with Gasteiger partial charge in [0.15, 0.2) is 0 Å². The van der Waals surface area contributed by atoms with E-state index in [2.05, 4.69) is 28.1 Å². The van der Waals surface area contributed by atoms with Crippen molar-refractivity contribution >= 4 is 39.1 Å². The molecule has 0 nitrogen and oxygen atoms in total. The summed E-state index contributed by atoms with van der Waals surface area (Å²) >= 11 is 15.2. The van der Waals surface area contributed by atoms with Crippen LogP contribution < -0.4 is 0 Å². The molecule has 0 aliphatic heterocycles. The Morgan fingerprint density at radius 3 is 2.08 bits per heavy atom. The van der Waals surface area contributed by atoms with Crippen LogP contribution in [0.3, 0.4) is 0 Å². The molecule has 3 heteroatoms. The van der Waals surface area contributed by atoms with Crippen LogP contribution in [0, 0.1) is 5.92 Å². The van der Waals surface area contributed by atoms with E-state index in [1.165, 1.54) is 5.56 Å². The molecule has 72 valence electrons. The van der Waals surface area contributed by atoms with Gasteiger partial charge in [0.2, 0.25) is 0 Å². The number of rotatable bonds is 4. The first-order chi connectivity index (χ1) is 6.29. The Hall–Kier alpha value is 0.280. The summed E-state index contributed by atoms with van der Waals surface area (Å²) in [4.78, 5) is 0.253. The molecular formula is C10H11BrCl2. The molecule has 0 spiro atoms. The van der Waals surface area contributed by atoms with Gasteiger partial charge in [0.1, 0.15) is 0 Å². The highest BCUT2D eigenvalue weighted by Gasteiger charge is 2.18. The smallest absolute Gasteiger partial charge is 0.0446 e. The number of alkyl halides is 3. The zero-order chi connectivity index (χ0) is 9.68. The van der Waals surface area contributed by atoms with E-state index in [-0.39, 0.29) is 10.7 Å². The largest absolute Gasteiger partial charge is 0.126 e. The van der Waals surface area contributed by atoms with Crippen molar-refractivity contribution in [2.75, 3.05) is 11.8 Å². The van der Waals surface area contributed by atoms with Crippen molar-refractivity contribution in [3.8, 4) is 0 Å². The molecule has 0 aliphatic rings. The number of hydrogen-bond acceptors (Lipinski definition) is 0. The van der Waals surface area contributed by atoms with Crippen LogP contribution in [0.15, 0.2) is 30.3 Å². The van der Waals surface area contributed by atoms with Gasteiger partial charge in [0.25, 0.3) is 0 Å². The minimum absolute atomic E-state index is 0.253. The van der Waals surface area contributed by atoms with Gasteiger partial charge in [0.05, 0.1) is 0 Å². The minimum Gasteiger partial charge on any atom is -0.126 e. The van der Waals surface area contributed by atoms with Crippen molar-refractivity contribution in [1.82, 2.24) is 0 Å². The van der Waals surface area contributed by atoms with Gasteiger partial charge in [-0.1, -0.05) is 46.3 Å². The van der Waals surface area contributed by atoms with Gasteiger partial charge in [-0.3, -0.25) is 0 Å². The van der Waals surface area contributed by atoms with Gasteiger partial charge in [-0.2, -0.15) is 0 Å². The van der Waals surface area contributed by atoms with Crippen LogP contribution in [0.25, 0.3) is 0 Å². The number of halogens is 3. The standard InChI is InChI=1S/C10H11BrCl2/c11-10(9(6-12)7-13)8-4-2-1-3-5-8/h1-5,9-10H,6-7H2. The summed E-state index contributed by atoms with van der Waals surface area (Å²) in [6.07, 6.45) is 0. The summed E-state index contributed by atoms with van der Waals surface area (Å²) in [6, 6.07) is 10.2. The quantitative estimate of drug-likeness (QED) is 0.725. The maximum absolute atomic E-state index is 5.80. The van der Waals surface area contributed by atoms with Crippen molar-refractivity contribution in [2.45, 2.75) is 4.83 Å². The molecule has 0 radical (unpaired) electrons. The summed E-state index contributed by atoms with van der Waals surface area (Å²) in [6.45, 7) is 0. The molecule has 1 aromatic rings. The highest BCUT2D eigenvalue weighted by atomic mass is 79.9. The molecule has 0 aliphatic carbocycles. The van der Waals surface area contributed by atoms with E-state index < -0.39 is 0 Å². The molecular weight excluding hydrogens is 271 g/mol. The Balaban J connectivity index is 2.72. The van der Waals surface area contributed by atoms with E-state index in [0.29, 0.717) is 11.8 Å². The molecule has 0 aromatic heterocycles. The van der Waals surface area contributed by atoms with Crippen LogP contribution in [0.5, 0.6) is 0 Å². The predicted octanol–water partition coefficient (Wildman–Crippen LogP) is 4.22. The second-order valence-corrected chi connectivity index (χ2v) is 4.48. The fourth-order valence-electron chi connectivity index (χ4n) is 1.11. The Bertz CT molecular complexity index is 234. The van der Waals surface area contributed by atoms with Gasteiger partial charge < -0.3 is 0 Å². The van der Waals surface area contributed by atoms with Crippen molar-refractivity contribution in [2.24, 2.45) is 5.92 Å². The second-order valence-electron chi connectivity index (χ2n) is 2.88. The molecule has 1 aromatic carbocycles. The van der Waals surface area contributed by atoms with Gasteiger partial charge in [-0.05, 0) is 5.56 Å². The molecule has 1 unspecified atom stereocenters. The fraction of sp³-hybridized carbons (Fsp3) is 0.400. The van der Waals surface area contributed by atoms with Gasteiger partial charge in [-0.15, -0.1) is 23.2 Å². The van der Waals surface area contributed by atoms with Gasteiger partial charge in [0, 0.05) is 22.5 Å². The Morgan fingerprint density at radius 1 is 1.08 bits per heavy atom. The third kappa shape index (κ3) is 3.16. The van der Waals surface area contributed by atoms with Crippen LogP contribution in [-0.2, 0) is 0 Å². The van der Waals surface area contributed by atoms with E-state index in [4.69, 9.17) is 23.2 Å². The molecule has 0 bridgehead atoms. The van der Waals surface area contributed by atoms with E-state index in [1.807, 2.05) is 18.2 Å². The third-order valence-electron chi connectivity index (χ3n) is 1.93. The molecule has 0 N–H and O–H groups in total. The minimum atomic E-state index is 0.253. The lowest BCUT2D eigenvalue weighted by molar-refractivity contribution is 0.656. The topological polar surface area (TPSA) is 0 Å². The van der Waals surface area contributed by atoms with Crippen molar-refractivity contribution in [1.29, 1.82) is 0 Å². The average molecular weight is 282 g/mol. The van der Waals surface area contributed by atoms with Crippen LogP contribution in [-0.4, -0.2) is 11.8 Å². The van der Waals surface area contributed by atoms with Crippen LogP contribution >= 0.6 is 39.1 Å². The summed E-state index contributed by atoms with van der Waals surface area (Å²) < 4.78 is 0. The number of hydrogen-bond donors (Lipinski definition) is 0. The van der Waals surface area contributed by atoms with Crippen molar-refractivity contribution in [3.63, 3.8) is 0 Å². The summed E-state index contributed by atoms with van der Waals surface area (Å²) in [7, 11) is 0. The average Bonchev–Trinajstić information content (AvgIpc) is 2.21. The number of benzene rings is 1. The molecule has 1 atom stereocenters. The van der Waals surface area contributed by atoms with E-state index in [1.54, 1.807) is 0 Å². The molecule has 0 heterocycles. The molecule has 0 amide bonds. The lowest BCUT2D eigenvalue weighted by Gasteiger charge is -2.17. The SMILES string of the molecule is ClCC(CCl)C(Br)c1ccccc1. The van der Waals surface area contributed by atoms with E-state index in [0.717, 1.165) is 0 Å². The summed E-state index contributed by atoms with van der Waals surface area (Å²) in [5, 5.41) is 0. The first kappa shape index (κ1) is 11.4. The Kier molecular flexibility index (Phi) is 5.15.